The molecule has 20 heavy (non-hydrogen) atoms. The molecule has 118 valence electrons. The van der Waals surface area contributed by atoms with E-state index in [9.17, 15) is 4.79 Å². The van der Waals surface area contributed by atoms with Crippen molar-refractivity contribution in [3.8, 4) is 0 Å². The van der Waals surface area contributed by atoms with E-state index < -0.39 is 0 Å². The topological polar surface area (TPSA) is 46.3 Å². The summed E-state index contributed by atoms with van der Waals surface area (Å²) < 4.78 is 0. The van der Waals surface area contributed by atoms with E-state index in [1.54, 1.807) is 0 Å². The molecule has 1 unspecified atom stereocenters. The fraction of sp³-hybridized carbons (Fsp3) is 0.941. The first kappa shape index (κ1) is 17.5. The van der Waals surface area contributed by atoms with Gasteiger partial charge in [-0.2, -0.15) is 0 Å². The predicted octanol–water partition coefficient (Wildman–Crippen LogP) is 3.43. The molecular formula is C17H34N2O. The van der Waals surface area contributed by atoms with Crippen LogP contribution in [-0.2, 0) is 4.79 Å². The molecule has 1 saturated heterocycles. The highest BCUT2D eigenvalue weighted by Crippen LogP contribution is 2.24. The zero-order valence-corrected chi connectivity index (χ0v) is 13.7. The minimum absolute atomic E-state index is 0.364. The predicted molar refractivity (Wildman–Crippen MR) is 85.4 cm³/mol. The van der Waals surface area contributed by atoms with Gasteiger partial charge in [-0.25, -0.2) is 0 Å². The Morgan fingerprint density at radius 3 is 2.40 bits per heavy atom. The van der Waals surface area contributed by atoms with Gasteiger partial charge in [-0.3, -0.25) is 4.79 Å². The third kappa shape index (κ3) is 5.82. The molecule has 0 aromatic heterocycles. The number of carbonyl (C=O) groups is 1. The summed E-state index contributed by atoms with van der Waals surface area (Å²) in [4.78, 5) is 14.4. The fourth-order valence-electron chi connectivity index (χ4n) is 3.37. The number of likely N-dealkylation sites (tertiary alicyclic amines) is 1. The molecule has 0 bridgehead atoms. The van der Waals surface area contributed by atoms with Crippen LogP contribution in [0.4, 0.5) is 0 Å². The molecule has 1 rings (SSSR count). The van der Waals surface area contributed by atoms with Crippen molar-refractivity contribution in [2.24, 2.45) is 23.5 Å². The monoisotopic (exact) mass is 282 g/mol. The molecule has 1 fully saturated rings. The Hall–Kier alpha value is -0.570. The van der Waals surface area contributed by atoms with Crippen LogP contribution < -0.4 is 5.73 Å². The first-order valence-corrected chi connectivity index (χ1v) is 8.56. The van der Waals surface area contributed by atoms with Gasteiger partial charge >= 0.3 is 0 Å². The van der Waals surface area contributed by atoms with Crippen molar-refractivity contribution in [3.05, 3.63) is 0 Å². The maximum Gasteiger partial charge on any atom is 0.222 e. The molecule has 1 aliphatic rings. The lowest BCUT2D eigenvalue weighted by atomic mass is 9.87. The Kier molecular flexibility index (Phi) is 8.20. The smallest absolute Gasteiger partial charge is 0.222 e. The highest BCUT2D eigenvalue weighted by Gasteiger charge is 2.23. The van der Waals surface area contributed by atoms with Gasteiger partial charge in [0.05, 0.1) is 0 Å². The highest BCUT2D eigenvalue weighted by atomic mass is 16.2. The quantitative estimate of drug-likeness (QED) is 0.741. The van der Waals surface area contributed by atoms with E-state index in [4.69, 9.17) is 5.73 Å². The Balaban J connectivity index is 2.29. The average molecular weight is 282 g/mol. The molecule has 0 aromatic carbocycles. The van der Waals surface area contributed by atoms with E-state index in [0.717, 1.165) is 38.4 Å². The van der Waals surface area contributed by atoms with Gasteiger partial charge in [0, 0.05) is 19.5 Å². The van der Waals surface area contributed by atoms with E-state index in [-0.39, 0.29) is 0 Å². The molecule has 1 atom stereocenters. The second kappa shape index (κ2) is 9.38. The van der Waals surface area contributed by atoms with Crippen LogP contribution in [0.1, 0.15) is 65.7 Å². The molecular weight excluding hydrogens is 248 g/mol. The standard InChI is InChI=1S/C17H34N2O/c1-4-5-15-9-12-19(13-10-15)17(20)7-6-16(8-11-18)14(2)3/h14-16H,4-13,18H2,1-3H3. The van der Waals surface area contributed by atoms with Crippen molar-refractivity contribution in [1.82, 2.24) is 4.90 Å². The second-order valence-corrected chi connectivity index (χ2v) is 6.73. The lowest BCUT2D eigenvalue weighted by Crippen LogP contribution is -2.38. The molecule has 3 heteroatoms. The average Bonchev–Trinajstić information content (AvgIpc) is 2.44. The van der Waals surface area contributed by atoms with Crippen LogP contribution in [0.25, 0.3) is 0 Å². The van der Waals surface area contributed by atoms with Crippen LogP contribution in [0.3, 0.4) is 0 Å². The van der Waals surface area contributed by atoms with Gasteiger partial charge < -0.3 is 10.6 Å². The Bertz CT molecular complexity index is 270. The number of hydrogen-bond acceptors (Lipinski definition) is 2. The summed E-state index contributed by atoms with van der Waals surface area (Å²) in [6, 6.07) is 0. The van der Waals surface area contributed by atoms with Crippen LogP contribution in [0.2, 0.25) is 0 Å². The van der Waals surface area contributed by atoms with Gasteiger partial charge in [0.1, 0.15) is 0 Å². The van der Waals surface area contributed by atoms with Crippen molar-refractivity contribution < 1.29 is 4.79 Å². The second-order valence-electron chi connectivity index (χ2n) is 6.73. The van der Waals surface area contributed by atoms with Crippen molar-refractivity contribution in [3.63, 3.8) is 0 Å². The van der Waals surface area contributed by atoms with Crippen LogP contribution in [-0.4, -0.2) is 30.4 Å². The van der Waals surface area contributed by atoms with E-state index in [1.165, 1.54) is 25.7 Å². The maximum atomic E-state index is 12.3. The number of rotatable bonds is 8. The number of piperidine rings is 1. The molecule has 1 aliphatic heterocycles. The molecule has 2 N–H and O–H groups in total. The number of nitrogens with two attached hydrogens (primary N) is 1. The maximum absolute atomic E-state index is 12.3. The summed E-state index contributed by atoms with van der Waals surface area (Å²) in [6.07, 6.45) is 7.76. The lowest BCUT2D eigenvalue weighted by Gasteiger charge is -2.32. The van der Waals surface area contributed by atoms with E-state index >= 15 is 0 Å². The SMILES string of the molecule is CCCC1CCN(C(=O)CCC(CCN)C(C)C)CC1. The molecule has 0 aromatic rings. The third-order valence-corrected chi connectivity index (χ3v) is 4.87. The summed E-state index contributed by atoms with van der Waals surface area (Å²) in [5.74, 6) is 2.44. The fourth-order valence-corrected chi connectivity index (χ4v) is 3.37. The zero-order valence-electron chi connectivity index (χ0n) is 13.7. The van der Waals surface area contributed by atoms with Gasteiger partial charge in [0.2, 0.25) is 5.91 Å². The summed E-state index contributed by atoms with van der Waals surface area (Å²) in [7, 11) is 0. The third-order valence-electron chi connectivity index (χ3n) is 4.87. The van der Waals surface area contributed by atoms with Crippen molar-refractivity contribution in [2.75, 3.05) is 19.6 Å². The molecule has 0 aliphatic carbocycles. The number of nitrogens with zero attached hydrogens (tertiary/aromatic N) is 1. The molecule has 1 amide bonds. The first-order chi connectivity index (χ1) is 9.58. The van der Waals surface area contributed by atoms with E-state index in [2.05, 4.69) is 25.7 Å². The molecule has 1 heterocycles. The van der Waals surface area contributed by atoms with Crippen LogP contribution in [0.15, 0.2) is 0 Å². The largest absolute Gasteiger partial charge is 0.343 e. The number of carbonyl (C=O) groups excluding carboxylic acids is 1. The first-order valence-electron chi connectivity index (χ1n) is 8.56. The van der Waals surface area contributed by atoms with Crippen LogP contribution in [0.5, 0.6) is 0 Å². The molecule has 0 saturated carbocycles. The normalized spacial score (nSPS) is 18.6. The molecule has 0 spiro atoms. The minimum Gasteiger partial charge on any atom is -0.343 e. The zero-order chi connectivity index (χ0) is 15.0. The van der Waals surface area contributed by atoms with Crippen molar-refractivity contribution in [2.45, 2.75) is 65.7 Å². The highest BCUT2D eigenvalue weighted by molar-refractivity contribution is 5.76. The van der Waals surface area contributed by atoms with Crippen molar-refractivity contribution in [1.29, 1.82) is 0 Å². The Labute approximate surface area is 125 Å². The van der Waals surface area contributed by atoms with Crippen molar-refractivity contribution >= 4 is 5.91 Å². The van der Waals surface area contributed by atoms with Gasteiger partial charge in [-0.15, -0.1) is 0 Å². The molecule has 3 nitrogen and oxygen atoms in total. The summed E-state index contributed by atoms with van der Waals surface area (Å²) in [5.41, 5.74) is 5.66. The minimum atomic E-state index is 0.364. The lowest BCUT2D eigenvalue weighted by molar-refractivity contribution is -0.133. The Morgan fingerprint density at radius 1 is 1.25 bits per heavy atom. The van der Waals surface area contributed by atoms with Crippen LogP contribution in [0, 0.1) is 17.8 Å². The van der Waals surface area contributed by atoms with Crippen LogP contribution >= 0.6 is 0 Å². The van der Waals surface area contributed by atoms with E-state index in [1.807, 2.05) is 0 Å². The van der Waals surface area contributed by atoms with E-state index in [0.29, 0.717) is 24.2 Å². The summed E-state index contributed by atoms with van der Waals surface area (Å²) in [6.45, 7) is 9.42. The molecule has 0 radical (unpaired) electrons. The van der Waals surface area contributed by atoms with Gasteiger partial charge in [0.25, 0.3) is 0 Å². The number of hydrogen-bond donors (Lipinski definition) is 1. The van der Waals surface area contributed by atoms with Gasteiger partial charge in [-0.05, 0) is 50.0 Å². The summed E-state index contributed by atoms with van der Waals surface area (Å²) >= 11 is 0. The summed E-state index contributed by atoms with van der Waals surface area (Å²) in [5, 5.41) is 0. The Morgan fingerprint density at radius 2 is 1.90 bits per heavy atom. The van der Waals surface area contributed by atoms with Gasteiger partial charge in [-0.1, -0.05) is 33.6 Å². The number of amides is 1. The van der Waals surface area contributed by atoms with Gasteiger partial charge in [0.15, 0.2) is 0 Å².